The van der Waals surface area contributed by atoms with E-state index < -0.39 is 5.97 Å². The fourth-order valence-electron chi connectivity index (χ4n) is 1.15. The number of phenols is 1. The summed E-state index contributed by atoms with van der Waals surface area (Å²) in [5.74, 6) is -0.610. The molecule has 0 atom stereocenters. The van der Waals surface area contributed by atoms with Gasteiger partial charge in [0.25, 0.3) is 0 Å². The Morgan fingerprint density at radius 1 is 1.64 bits per heavy atom. The number of hydrogen-bond acceptors (Lipinski definition) is 3. The van der Waals surface area contributed by atoms with Gasteiger partial charge in [-0.1, -0.05) is 24.8 Å². The second-order valence-corrected chi connectivity index (χ2v) is 2.67. The number of hydrogen-bond donors (Lipinski definition) is 1. The summed E-state index contributed by atoms with van der Waals surface area (Å²) >= 11 is 0. The first kappa shape index (κ1) is 10.3. The summed E-state index contributed by atoms with van der Waals surface area (Å²) < 4.78 is 4.80. The van der Waals surface area contributed by atoms with Crippen LogP contribution in [0.25, 0.3) is 6.08 Å². The highest BCUT2D eigenvalue weighted by atomic mass is 16.5. The summed E-state index contributed by atoms with van der Waals surface area (Å²) in [6.45, 7) is 5.55. The number of benzene rings is 1. The average Bonchev–Trinajstić information content (AvgIpc) is 2.17. The van der Waals surface area contributed by atoms with Crippen molar-refractivity contribution in [1.29, 1.82) is 0 Å². The van der Waals surface area contributed by atoms with E-state index >= 15 is 0 Å². The molecule has 0 heterocycles. The Kier molecular flexibility index (Phi) is 3.29. The van der Waals surface area contributed by atoms with Crippen LogP contribution in [0.4, 0.5) is 0 Å². The molecule has 0 radical (unpaired) electrons. The van der Waals surface area contributed by atoms with Crippen LogP contribution in [0.1, 0.15) is 22.8 Å². The monoisotopic (exact) mass is 192 g/mol. The lowest BCUT2D eigenvalue weighted by Crippen LogP contribution is -2.06. The maximum Gasteiger partial charge on any atom is 0.342 e. The molecule has 0 bridgehead atoms. The average molecular weight is 192 g/mol. The smallest absolute Gasteiger partial charge is 0.342 e. The van der Waals surface area contributed by atoms with Crippen molar-refractivity contribution in [3.8, 4) is 5.75 Å². The lowest BCUT2D eigenvalue weighted by Gasteiger charge is -2.06. The third kappa shape index (κ3) is 1.93. The number of phenolic OH excluding ortho intramolecular Hbond substituents is 1. The van der Waals surface area contributed by atoms with Gasteiger partial charge >= 0.3 is 5.97 Å². The fraction of sp³-hybridized carbons (Fsp3) is 0.182. The van der Waals surface area contributed by atoms with Crippen molar-refractivity contribution < 1.29 is 14.6 Å². The van der Waals surface area contributed by atoms with Crippen LogP contribution in [0.5, 0.6) is 5.75 Å². The van der Waals surface area contributed by atoms with Gasteiger partial charge in [-0.15, -0.1) is 0 Å². The Hall–Kier alpha value is -1.77. The number of carbonyl (C=O) groups is 1. The third-order valence-corrected chi connectivity index (χ3v) is 1.77. The first-order chi connectivity index (χ1) is 6.70. The van der Waals surface area contributed by atoms with Gasteiger partial charge in [0, 0.05) is 0 Å². The Bertz CT molecular complexity index is 356. The molecule has 0 aliphatic carbocycles. The van der Waals surface area contributed by atoms with Gasteiger partial charge in [0.2, 0.25) is 0 Å². The quantitative estimate of drug-likeness (QED) is 0.747. The number of esters is 1. The largest absolute Gasteiger partial charge is 0.507 e. The molecule has 1 rings (SSSR count). The fourth-order valence-corrected chi connectivity index (χ4v) is 1.15. The minimum absolute atomic E-state index is 0.0825. The highest BCUT2D eigenvalue weighted by Crippen LogP contribution is 2.22. The molecule has 1 aromatic carbocycles. The molecule has 0 aliphatic rings. The molecule has 1 aromatic rings. The van der Waals surface area contributed by atoms with Crippen molar-refractivity contribution in [2.45, 2.75) is 6.92 Å². The van der Waals surface area contributed by atoms with Crippen molar-refractivity contribution in [1.82, 2.24) is 0 Å². The van der Waals surface area contributed by atoms with Crippen molar-refractivity contribution in [3.63, 3.8) is 0 Å². The van der Waals surface area contributed by atoms with Crippen molar-refractivity contribution >= 4 is 12.0 Å². The summed E-state index contributed by atoms with van der Waals surface area (Å²) in [6, 6.07) is 4.79. The Labute approximate surface area is 82.6 Å². The van der Waals surface area contributed by atoms with Gasteiger partial charge in [0.1, 0.15) is 11.3 Å². The number of ether oxygens (including phenoxy) is 1. The zero-order valence-electron chi connectivity index (χ0n) is 7.99. The summed E-state index contributed by atoms with van der Waals surface area (Å²) in [5.41, 5.74) is 0.743. The van der Waals surface area contributed by atoms with Crippen LogP contribution >= 0.6 is 0 Å². The molecule has 0 amide bonds. The third-order valence-electron chi connectivity index (χ3n) is 1.77. The SMILES string of the molecule is C=Cc1cccc(O)c1C(=O)OCC. The zero-order chi connectivity index (χ0) is 10.6. The van der Waals surface area contributed by atoms with Crippen LogP contribution in [0.15, 0.2) is 24.8 Å². The molecule has 0 aromatic heterocycles. The lowest BCUT2D eigenvalue weighted by molar-refractivity contribution is 0.0523. The van der Waals surface area contributed by atoms with Crippen LogP contribution in [-0.2, 0) is 4.74 Å². The van der Waals surface area contributed by atoms with E-state index in [2.05, 4.69) is 6.58 Å². The van der Waals surface area contributed by atoms with E-state index in [4.69, 9.17) is 4.74 Å². The second-order valence-electron chi connectivity index (χ2n) is 2.67. The Morgan fingerprint density at radius 3 is 2.93 bits per heavy atom. The van der Waals surface area contributed by atoms with Crippen LogP contribution in [0.3, 0.4) is 0 Å². The van der Waals surface area contributed by atoms with Crippen LogP contribution in [0, 0.1) is 0 Å². The van der Waals surface area contributed by atoms with Crippen molar-refractivity contribution in [2.24, 2.45) is 0 Å². The molecule has 0 aliphatic heterocycles. The molecule has 0 spiro atoms. The van der Waals surface area contributed by atoms with Gasteiger partial charge in [0.15, 0.2) is 0 Å². The minimum atomic E-state index is -0.527. The number of rotatable bonds is 3. The van der Waals surface area contributed by atoms with Gasteiger partial charge in [-0.25, -0.2) is 4.79 Å². The van der Waals surface area contributed by atoms with Gasteiger partial charge in [-0.2, -0.15) is 0 Å². The topological polar surface area (TPSA) is 46.5 Å². The maximum absolute atomic E-state index is 11.4. The molecule has 1 N–H and O–H groups in total. The van der Waals surface area contributed by atoms with E-state index in [0.29, 0.717) is 5.56 Å². The Morgan fingerprint density at radius 2 is 2.36 bits per heavy atom. The van der Waals surface area contributed by atoms with E-state index in [9.17, 15) is 9.90 Å². The summed E-state index contributed by atoms with van der Waals surface area (Å²) in [5, 5.41) is 9.47. The molecule has 74 valence electrons. The molecular weight excluding hydrogens is 180 g/mol. The van der Waals surface area contributed by atoms with Crippen LogP contribution in [0.2, 0.25) is 0 Å². The molecule has 3 nitrogen and oxygen atoms in total. The predicted molar refractivity (Wildman–Crippen MR) is 54.2 cm³/mol. The highest BCUT2D eigenvalue weighted by molar-refractivity contribution is 5.96. The molecule has 3 heteroatoms. The van der Waals surface area contributed by atoms with Gasteiger partial charge in [0.05, 0.1) is 6.61 Å². The van der Waals surface area contributed by atoms with E-state index in [1.165, 1.54) is 12.1 Å². The molecule has 0 saturated carbocycles. The first-order valence-corrected chi connectivity index (χ1v) is 4.32. The Balaban J connectivity index is 3.16. The molecule has 0 fully saturated rings. The highest BCUT2D eigenvalue weighted by Gasteiger charge is 2.14. The summed E-state index contributed by atoms with van der Waals surface area (Å²) in [4.78, 5) is 11.4. The van der Waals surface area contributed by atoms with Crippen molar-refractivity contribution in [2.75, 3.05) is 6.61 Å². The van der Waals surface area contributed by atoms with Gasteiger partial charge in [-0.3, -0.25) is 0 Å². The van der Waals surface area contributed by atoms with Crippen LogP contribution < -0.4 is 0 Å². The molecule has 0 unspecified atom stereocenters. The second kappa shape index (κ2) is 4.46. The van der Waals surface area contributed by atoms with E-state index in [-0.39, 0.29) is 17.9 Å². The van der Waals surface area contributed by atoms with E-state index in [1.54, 1.807) is 19.1 Å². The summed E-state index contributed by atoms with van der Waals surface area (Å²) in [7, 11) is 0. The van der Waals surface area contributed by atoms with E-state index in [1.807, 2.05) is 0 Å². The lowest BCUT2D eigenvalue weighted by atomic mass is 10.1. The first-order valence-electron chi connectivity index (χ1n) is 4.32. The molecule has 0 saturated heterocycles. The summed E-state index contributed by atoms with van der Waals surface area (Å²) in [6.07, 6.45) is 1.51. The number of carbonyl (C=O) groups excluding carboxylic acids is 1. The minimum Gasteiger partial charge on any atom is -0.507 e. The molecule has 14 heavy (non-hydrogen) atoms. The molecular formula is C11H12O3. The van der Waals surface area contributed by atoms with Crippen LogP contribution in [-0.4, -0.2) is 17.7 Å². The zero-order valence-corrected chi connectivity index (χ0v) is 7.99. The number of aromatic hydroxyl groups is 1. The standard InChI is InChI=1S/C11H12O3/c1-3-8-6-5-7-9(12)10(8)11(13)14-4-2/h3,5-7,12H,1,4H2,2H3. The predicted octanol–water partition coefficient (Wildman–Crippen LogP) is 2.21. The maximum atomic E-state index is 11.4. The normalized spacial score (nSPS) is 9.50. The van der Waals surface area contributed by atoms with Crippen molar-refractivity contribution in [3.05, 3.63) is 35.9 Å². The van der Waals surface area contributed by atoms with Gasteiger partial charge < -0.3 is 9.84 Å². The van der Waals surface area contributed by atoms with Gasteiger partial charge in [-0.05, 0) is 18.6 Å². The van der Waals surface area contributed by atoms with E-state index in [0.717, 1.165) is 0 Å².